The maximum Gasteiger partial charge on any atom is 0.425 e. The molecule has 0 saturated heterocycles. The van der Waals surface area contributed by atoms with Gasteiger partial charge in [-0.1, -0.05) is 35.9 Å². The Kier molecular flexibility index (Phi) is 10.5. The monoisotopic (exact) mass is 594 g/mol. The summed E-state index contributed by atoms with van der Waals surface area (Å²) < 4.78 is 45.1. The van der Waals surface area contributed by atoms with E-state index in [1.807, 2.05) is 31.2 Å². The van der Waals surface area contributed by atoms with Gasteiger partial charge in [-0.2, -0.15) is 13.2 Å². The number of aromatic nitrogens is 2. The van der Waals surface area contributed by atoms with Crippen LogP contribution in [0.5, 0.6) is 5.75 Å². The first kappa shape index (κ1) is 31.6. The fourth-order valence-electron chi connectivity index (χ4n) is 3.90. The Morgan fingerprint density at radius 3 is 2.37 bits per heavy atom. The van der Waals surface area contributed by atoms with Gasteiger partial charge in [0.2, 0.25) is 5.91 Å². The Morgan fingerprint density at radius 2 is 1.83 bits per heavy atom. The molecule has 3 N–H and O–H groups in total. The number of nitrogens with zero attached hydrogens (tertiary/aromatic N) is 2. The third-order valence-corrected chi connectivity index (χ3v) is 6.44. The summed E-state index contributed by atoms with van der Waals surface area (Å²) in [6, 6.07) is 10.3. The van der Waals surface area contributed by atoms with Gasteiger partial charge < -0.3 is 25.0 Å². The number of nitrogens with one attached hydrogen (secondary N) is 2. The molecule has 2 atom stereocenters. The zero-order valence-electron chi connectivity index (χ0n) is 22.6. The van der Waals surface area contributed by atoms with Gasteiger partial charge in [0.05, 0.1) is 16.8 Å². The van der Waals surface area contributed by atoms with Gasteiger partial charge in [0.25, 0.3) is 5.91 Å². The van der Waals surface area contributed by atoms with Crippen LogP contribution in [0.15, 0.2) is 48.7 Å². The summed E-state index contributed by atoms with van der Waals surface area (Å²) in [4.78, 5) is 40.9. The number of carbonyl (C=O) groups is 3. The van der Waals surface area contributed by atoms with E-state index in [2.05, 4.69) is 15.6 Å². The summed E-state index contributed by atoms with van der Waals surface area (Å²) in [6.45, 7) is 4.07. The second kappa shape index (κ2) is 13.6. The molecule has 41 heavy (non-hydrogen) atoms. The Labute approximate surface area is 239 Å². The second-order valence-electron chi connectivity index (χ2n) is 9.27. The Morgan fingerprint density at radius 1 is 1.15 bits per heavy atom. The van der Waals surface area contributed by atoms with Crippen molar-refractivity contribution < 1.29 is 37.4 Å². The summed E-state index contributed by atoms with van der Waals surface area (Å²) in [7, 11) is 0. The summed E-state index contributed by atoms with van der Waals surface area (Å²) in [5.74, 6) is -1.21. The predicted octanol–water partition coefficient (Wildman–Crippen LogP) is 4.21. The van der Waals surface area contributed by atoms with Crippen molar-refractivity contribution in [2.45, 2.75) is 52.1 Å². The van der Waals surface area contributed by atoms with Gasteiger partial charge in [0, 0.05) is 37.3 Å². The van der Waals surface area contributed by atoms with Crippen LogP contribution in [0.4, 0.5) is 13.2 Å². The van der Waals surface area contributed by atoms with E-state index in [4.69, 9.17) is 21.4 Å². The van der Waals surface area contributed by atoms with Crippen LogP contribution in [-0.2, 0) is 17.8 Å². The fourth-order valence-corrected chi connectivity index (χ4v) is 4.13. The van der Waals surface area contributed by atoms with Crippen LogP contribution in [0.25, 0.3) is 11.3 Å². The number of Topliss-reactive ketones (excluding diaryl/α,β-unsaturated/α-hetero) is 1. The van der Waals surface area contributed by atoms with Gasteiger partial charge in [-0.25, -0.2) is 4.98 Å². The van der Waals surface area contributed by atoms with Crippen molar-refractivity contribution in [1.29, 1.82) is 0 Å². The second-order valence-corrected chi connectivity index (χ2v) is 9.68. The van der Waals surface area contributed by atoms with Crippen LogP contribution in [0.1, 0.15) is 47.3 Å². The first-order valence-corrected chi connectivity index (χ1v) is 13.1. The average molecular weight is 595 g/mol. The van der Waals surface area contributed by atoms with E-state index in [1.165, 1.54) is 25.1 Å². The number of halogens is 4. The third kappa shape index (κ3) is 8.54. The number of rotatable bonds is 12. The van der Waals surface area contributed by atoms with Crippen LogP contribution in [-0.4, -0.2) is 63.7 Å². The van der Waals surface area contributed by atoms with Crippen molar-refractivity contribution in [1.82, 2.24) is 20.2 Å². The van der Waals surface area contributed by atoms with Crippen molar-refractivity contribution in [3.05, 3.63) is 70.6 Å². The Bertz CT molecular complexity index is 1390. The number of aliphatic hydroxyl groups is 1. The lowest BCUT2D eigenvalue weighted by Gasteiger charge is -2.21. The molecular weight excluding hydrogens is 565 g/mol. The zero-order valence-corrected chi connectivity index (χ0v) is 23.3. The molecular formula is C28H30ClF3N4O5. The van der Waals surface area contributed by atoms with E-state index < -0.39 is 36.7 Å². The number of aliphatic hydroxyl groups excluding tert-OH is 1. The summed E-state index contributed by atoms with van der Waals surface area (Å²) in [5, 5.41) is 14.2. The van der Waals surface area contributed by atoms with Crippen molar-refractivity contribution >= 4 is 29.2 Å². The van der Waals surface area contributed by atoms with Gasteiger partial charge in [-0.05, 0) is 44.0 Å². The lowest BCUT2D eigenvalue weighted by Crippen LogP contribution is -2.45. The molecule has 0 aliphatic rings. The van der Waals surface area contributed by atoms with Gasteiger partial charge in [-0.15, -0.1) is 0 Å². The summed E-state index contributed by atoms with van der Waals surface area (Å²) in [5.41, 5.74) is 2.30. The van der Waals surface area contributed by atoms with Crippen LogP contribution in [0.2, 0.25) is 5.02 Å². The maximum atomic E-state index is 13.0. The molecule has 9 nitrogen and oxygen atoms in total. The topological polar surface area (TPSA) is 123 Å². The molecule has 3 aromatic rings. The first-order chi connectivity index (χ1) is 19.3. The van der Waals surface area contributed by atoms with Crippen molar-refractivity contribution in [2.24, 2.45) is 0 Å². The fraction of sp³-hybridized carbons (Fsp3) is 0.357. The van der Waals surface area contributed by atoms with Gasteiger partial charge >= 0.3 is 6.18 Å². The van der Waals surface area contributed by atoms with E-state index in [0.29, 0.717) is 18.1 Å². The van der Waals surface area contributed by atoms with Crippen LogP contribution in [0, 0.1) is 0 Å². The number of ether oxygens (including phenoxy) is 1. The van der Waals surface area contributed by atoms with Crippen molar-refractivity contribution in [3.8, 4) is 17.0 Å². The number of hydrogen-bond donors (Lipinski definition) is 3. The Balaban J connectivity index is 1.75. The summed E-state index contributed by atoms with van der Waals surface area (Å²) >= 11 is 6.08. The highest BCUT2D eigenvalue weighted by molar-refractivity contribution is 6.32. The average Bonchev–Trinajstić information content (AvgIpc) is 3.37. The standard InChI is InChI=1S/C28H30ClF3N4O5/c1-4-36-14-23(35-26(36)16(2)38)19-7-5-18(6-8-19)11-21(13-33-25(39)15-37)34-27(40)20-9-10-24(22(29)12-20)41-17(3)28(30,31)32/h5-10,12,14,17,21,37H,4,11,13,15H2,1-3H3,(H,33,39)(H,34,40)/t17-,21?/m1/s1. The lowest BCUT2D eigenvalue weighted by atomic mass is 10.0. The first-order valence-electron chi connectivity index (χ1n) is 12.7. The molecule has 0 saturated carbocycles. The lowest BCUT2D eigenvalue weighted by molar-refractivity contribution is -0.189. The SMILES string of the molecule is CCn1cc(-c2ccc(CC(CNC(=O)CO)NC(=O)c3ccc(O[C@H](C)C(F)(F)F)c(Cl)c3)cc2)nc1C(C)=O. The molecule has 0 bridgehead atoms. The molecule has 3 rings (SSSR count). The molecule has 1 heterocycles. The minimum atomic E-state index is -4.58. The van der Waals surface area contributed by atoms with E-state index in [-0.39, 0.29) is 35.1 Å². The van der Waals surface area contributed by atoms with Crippen LogP contribution >= 0.6 is 11.6 Å². The number of amides is 2. The number of alkyl halides is 3. The van der Waals surface area contributed by atoms with E-state index in [9.17, 15) is 27.6 Å². The largest absolute Gasteiger partial charge is 0.480 e. The predicted molar refractivity (Wildman–Crippen MR) is 146 cm³/mol. The van der Waals surface area contributed by atoms with Gasteiger partial charge in [0.1, 0.15) is 12.4 Å². The minimum absolute atomic E-state index is 0.00616. The molecule has 1 unspecified atom stereocenters. The van der Waals surface area contributed by atoms with Crippen LogP contribution in [0.3, 0.4) is 0 Å². The molecule has 220 valence electrons. The van der Waals surface area contributed by atoms with Crippen LogP contribution < -0.4 is 15.4 Å². The number of benzene rings is 2. The number of imidazole rings is 1. The molecule has 2 amide bonds. The highest BCUT2D eigenvalue weighted by Gasteiger charge is 2.38. The molecule has 0 aliphatic heterocycles. The molecule has 0 spiro atoms. The number of ketones is 1. The van der Waals surface area contributed by atoms with Gasteiger partial charge in [0.15, 0.2) is 17.7 Å². The highest BCUT2D eigenvalue weighted by Crippen LogP contribution is 2.30. The number of carbonyl (C=O) groups excluding carboxylic acids is 3. The van der Waals surface area contributed by atoms with Gasteiger partial charge in [-0.3, -0.25) is 14.4 Å². The van der Waals surface area contributed by atoms with Crippen molar-refractivity contribution in [2.75, 3.05) is 13.2 Å². The quantitative estimate of drug-likeness (QED) is 0.270. The molecule has 0 radical (unpaired) electrons. The molecule has 1 aromatic heterocycles. The molecule has 0 aliphatic carbocycles. The number of hydrogen-bond acceptors (Lipinski definition) is 6. The zero-order chi connectivity index (χ0) is 30.3. The summed E-state index contributed by atoms with van der Waals surface area (Å²) in [6.07, 6.45) is -4.59. The molecule has 0 fully saturated rings. The highest BCUT2D eigenvalue weighted by atomic mass is 35.5. The number of aryl methyl sites for hydroxylation is 1. The normalized spacial score (nSPS) is 12.9. The third-order valence-electron chi connectivity index (χ3n) is 6.15. The smallest absolute Gasteiger partial charge is 0.425 e. The van der Waals surface area contributed by atoms with E-state index >= 15 is 0 Å². The molecule has 13 heteroatoms. The maximum absolute atomic E-state index is 13.0. The van der Waals surface area contributed by atoms with Crippen molar-refractivity contribution in [3.63, 3.8) is 0 Å². The Hall–Kier alpha value is -3.90. The molecule has 2 aromatic carbocycles. The van der Waals surface area contributed by atoms with E-state index in [0.717, 1.165) is 18.1 Å². The van der Waals surface area contributed by atoms with E-state index in [1.54, 1.807) is 10.8 Å². The minimum Gasteiger partial charge on any atom is -0.480 e.